The number of amides is 2. The second-order valence-electron chi connectivity index (χ2n) is 6.37. The molecule has 1 heterocycles. The average Bonchev–Trinajstić information content (AvgIpc) is 2.97. The van der Waals surface area contributed by atoms with Gasteiger partial charge in [-0.2, -0.15) is 0 Å². The molecule has 1 fully saturated rings. The molecule has 130 valence electrons. The number of likely N-dealkylation sites (tertiary alicyclic amines) is 1. The van der Waals surface area contributed by atoms with Crippen LogP contribution in [0.5, 0.6) is 0 Å². The number of nitrogens with zero attached hydrogens (tertiary/aromatic N) is 1. The number of halogens is 1. The molecule has 0 aliphatic carbocycles. The first-order valence-electron chi connectivity index (χ1n) is 8.41. The lowest BCUT2D eigenvalue weighted by Crippen LogP contribution is -2.44. The second kappa shape index (κ2) is 7.70. The zero-order chi connectivity index (χ0) is 17.8. The molecule has 1 atom stereocenters. The van der Waals surface area contributed by atoms with E-state index in [0.29, 0.717) is 31.0 Å². The summed E-state index contributed by atoms with van der Waals surface area (Å²) in [5.74, 6) is -0.101. The summed E-state index contributed by atoms with van der Waals surface area (Å²) < 4.78 is 0. The fourth-order valence-electron chi connectivity index (χ4n) is 3.04. The van der Waals surface area contributed by atoms with Gasteiger partial charge in [0.15, 0.2) is 0 Å². The second-order valence-corrected chi connectivity index (χ2v) is 6.78. The van der Waals surface area contributed by atoms with E-state index in [1.54, 1.807) is 11.0 Å². The van der Waals surface area contributed by atoms with Crippen LogP contribution in [-0.2, 0) is 22.7 Å². The van der Waals surface area contributed by atoms with Crippen molar-refractivity contribution in [1.29, 1.82) is 0 Å². The predicted octanol–water partition coefficient (Wildman–Crippen LogP) is 3.46. The van der Waals surface area contributed by atoms with E-state index >= 15 is 0 Å². The lowest BCUT2D eigenvalue weighted by Gasteiger charge is -2.24. The van der Waals surface area contributed by atoms with Crippen LogP contribution in [0.3, 0.4) is 0 Å². The summed E-state index contributed by atoms with van der Waals surface area (Å²) in [7, 11) is 0. The molecular weight excluding hydrogens is 336 g/mol. The number of nitrogens with one attached hydrogen (secondary N) is 1. The number of carbonyl (C=O) groups excluding carboxylic acids is 2. The van der Waals surface area contributed by atoms with E-state index in [0.717, 1.165) is 11.1 Å². The van der Waals surface area contributed by atoms with Crippen LogP contribution in [0.2, 0.25) is 5.02 Å². The summed E-state index contributed by atoms with van der Waals surface area (Å²) in [6.45, 7) is 2.85. The highest BCUT2D eigenvalue weighted by molar-refractivity contribution is 6.31. The van der Waals surface area contributed by atoms with Gasteiger partial charge in [-0.05, 0) is 30.5 Å². The monoisotopic (exact) mass is 356 g/mol. The number of carbonyl (C=O) groups is 2. The number of rotatable bonds is 5. The molecule has 2 aromatic carbocycles. The molecule has 0 saturated carbocycles. The molecule has 25 heavy (non-hydrogen) atoms. The Kier molecular flexibility index (Phi) is 5.39. The molecule has 0 unspecified atom stereocenters. The molecule has 0 aromatic heterocycles. The van der Waals surface area contributed by atoms with Gasteiger partial charge in [-0.1, -0.05) is 59.6 Å². The van der Waals surface area contributed by atoms with Crippen molar-refractivity contribution in [2.75, 3.05) is 0 Å². The lowest BCUT2D eigenvalue weighted by atomic mass is 10.1. The summed E-state index contributed by atoms with van der Waals surface area (Å²) in [5.41, 5.74) is 3.07. The molecule has 0 bridgehead atoms. The topological polar surface area (TPSA) is 49.4 Å². The van der Waals surface area contributed by atoms with E-state index in [4.69, 9.17) is 11.6 Å². The Bertz CT molecular complexity index is 774. The molecule has 2 amide bonds. The minimum absolute atomic E-state index is 0.0264. The molecule has 1 N–H and O–H groups in total. The van der Waals surface area contributed by atoms with E-state index in [1.165, 1.54) is 5.56 Å². The van der Waals surface area contributed by atoms with Gasteiger partial charge in [-0.3, -0.25) is 9.59 Å². The first-order valence-corrected chi connectivity index (χ1v) is 8.78. The van der Waals surface area contributed by atoms with Crippen LogP contribution in [0.4, 0.5) is 0 Å². The molecule has 0 radical (unpaired) electrons. The van der Waals surface area contributed by atoms with Crippen molar-refractivity contribution < 1.29 is 9.59 Å². The molecule has 5 heteroatoms. The van der Waals surface area contributed by atoms with E-state index in [1.807, 2.05) is 49.4 Å². The summed E-state index contributed by atoms with van der Waals surface area (Å²) in [5, 5.41) is 3.54. The third-order valence-corrected chi connectivity index (χ3v) is 4.88. The van der Waals surface area contributed by atoms with Crippen LogP contribution in [0.15, 0.2) is 48.5 Å². The summed E-state index contributed by atoms with van der Waals surface area (Å²) in [4.78, 5) is 26.5. The Labute approximate surface area is 152 Å². The van der Waals surface area contributed by atoms with Gasteiger partial charge in [0.05, 0.1) is 0 Å². The standard InChI is InChI=1S/C20H21ClN2O2/c1-14-6-8-15(9-7-14)13-23-18(10-11-19(23)24)20(25)22-12-16-4-2-3-5-17(16)21/h2-9,18H,10-13H2,1H3,(H,22,25)/t18-/m0/s1. The molecule has 3 rings (SSSR count). The van der Waals surface area contributed by atoms with Gasteiger partial charge in [0.25, 0.3) is 0 Å². The summed E-state index contributed by atoms with van der Waals surface area (Å²) >= 11 is 6.12. The largest absolute Gasteiger partial charge is 0.350 e. The van der Waals surface area contributed by atoms with Crippen molar-refractivity contribution in [1.82, 2.24) is 10.2 Å². The molecular formula is C20H21ClN2O2. The van der Waals surface area contributed by atoms with Crippen molar-refractivity contribution in [3.05, 3.63) is 70.2 Å². The highest BCUT2D eigenvalue weighted by Crippen LogP contribution is 2.22. The van der Waals surface area contributed by atoms with Crippen molar-refractivity contribution in [3.8, 4) is 0 Å². The lowest BCUT2D eigenvalue weighted by molar-refractivity contribution is -0.135. The Morgan fingerprint density at radius 1 is 1.20 bits per heavy atom. The minimum atomic E-state index is -0.420. The smallest absolute Gasteiger partial charge is 0.243 e. The Morgan fingerprint density at radius 2 is 1.92 bits per heavy atom. The maximum absolute atomic E-state index is 12.6. The molecule has 1 aliphatic rings. The van der Waals surface area contributed by atoms with E-state index in [-0.39, 0.29) is 11.8 Å². The van der Waals surface area contributed by atoms with Crippen molar-refractivity contribution in [3.63, 3.8) is 0 Å². The van der Waals surface area contributed by atoms with Crippen LogP contribution in [0.25, 0.3) is 0 Å². The predicted molar refractivity (Wildman–Crippen MR) is 98.0 cm³/mol. The van der Waals surface area contributed by atoms with Gasteiger partial charge in [0.2, 0.25) is 11.8 Å². The third-order valence-electron chi connectivity index (χ3n) is 4.52. The van der Waals surface area contributed by atoms with Gasteiger partial charge in [0.1, 0.15) is 6.04 Å². The third kappa shape index (κ3) is 4.20. The molecule has 1 aliphatic heterocycles. The van der Waals surface area contributed by atoms with Crippen LogP contribution in [0, 0.1) is 6.92 Å². The van der Waals surface area contributed by atoms with Crippen molar-refractivity contribution in [2.45, 2.75) is 38.9 Å². The van der Waals surface area contributed by atoms with Crippen LogP contribution < -0.4 is 5.32 Å². The van der Waals surface area contributed by atoms with E-state index in [9.17, 15) is 9.59 Å². The fraction of sp³-hybridized carbons (Fsp3) is 0.300. The molecule has 4 nitrogen and oxygen atoms in total. The van der Waals surface area contributed by atoms with Gasteiger partial charge < -0.3 is 10.2 Å². The Hall–Kier alpha value is -2.33. The first kappa shape index (κ1) is 17.5. The summed E-state index contributed by atoms with van der Waals surface area (Å²) in [6.07, 6.45) is 0.967. The normalized spacial score (nSPS) is 17.0. The molecule has 1 saturated heterocycles. The zero-order valence-electron chi connectivity index (χ0n) is 14.2. The van der Waals surface area contributed by atoms with E-state index in [2.05, 4.69) is 5.32 Å². The number of aryl methyl sites for hydroxylation is 1. The fourth-order valence-corrected chi connectivity index (χ4v) is 3.24. The molecule has 0 spiro atoms. The maximum Gasteiger partial charge on any atom is 0.243 e. The van der Waals surface area contributed by atoms with Crippen LogP contribution in [-0.4, -0.2) is 22.8 Å². The van der Waals surface area contributed by atoms with Gasteiger partial charge >= 0.3 is 0 Å². The SMILES string of the molecule is Cc1ccc(CN2C(=O)CC[C@H]2C(=O)NCc2ccccc2Cl)cc1. The van der Waals surface area contributed by atoms with Gasteiger partial charge in [-0.15, -0.1) is 0 Å². The van der Waals surface area contributed by atoms with Gasteiger partial charge in [-0.25, -0.2) is 0 Å². The zero-order valence-corrected chi connectivity index (χ0v) is 14.9. The minimum Gasteiger partial charge on any atom is -0.350 e. The quantitative estimate of drug-likeness (QED) is 0.892. The first-order chi connectivity index (χ1) is 12.0. The number of benzene rings is 2. The Morgan fingerprint density at radius 3 is 2.64 bits per heavy atom. The van der Waals surface area contributed by atoms with Gasteiger partial charge in [0, 0.05) is 24.5 Å². The average molecular weight is 357 g/mol. The highest BCUT2D eigenvalue weighted by atomic mass is 35.5. The Balaban J connectivity index is 1.65. The summed E-state index contributed by atoms with van der Waals surface area (Å²) in [6, 6.07) is 15.0. The maximum atomic E-state index is 12.6. The van der Waals surface area contributed by atoms with E-state index < -0.39 is 6.04 Å². The number of hydrogen-bond acceptors (Lipinski definition) is 2. The number of hydrogen-bond donors (Lipinski definition) is 1. The van der Waals surface area contributed by atoms with Crippen molar-refractivity contribution >= 4 is 23.4 Å². The van der Waals surface area contributed by atoms with Crippen molar-refractivity contribution in [2.24, 2.45) is 0 Å². The highest BCUT2D eigenvalue weighted by Gasteiger charge is 2.35. The van der Waals surface area contributed by atoms with Crippen LogP contribution in [0.1, 0.15) is 29.5 Å². The van der Waals surface area contributed by atoms with Crippen LogP contribution >= 0.6 is 11.6 Å². The molecule has 2 aromatic rings.